The zero-order chi connectivity index (χ0) is 25.1. The van der Waals surface area contributed by atoms with Crippen LogP contribution in [0.25, 0.3) is 0 Å². The van der Waals surface area contributed by atoms with Crippen LogP contribution in [-0.4, -0.2) is 39.1 Å². The molecule has 35 heavy (non-hydrogen) atoms. The fourth-order valence-electron chi connectivity index (χ4n) is 4.63. The smallest absolute Gasteiger partial charge is 0.377 e. The Kier molecular flexibility index (Phi) is 7.51. The molecule has 0 saturated carbocycles. The number of nitrogens with one attached hydrogen (secondary N) is 1. The summed E-state index contributed by atoms with van der Waals surface area (Å²) in [5, 5.41) is 0. The van der Waals surface area contributed by atoms with Crippen LogP contribution in [0.15, 0.2) is 83.8 Å². The predicted molar refractivity (Wildman–Crippen MR) is 127 cm³/mol. The lowest BCUT2D eigenvalue weighted by Gasteiger charge is -2.36. The maximum atomic E-state index is 13.0. The van der Waals surface area contributed by atoms with Crippen molar-refractivity contribution in [1.29, 1.82) is 0 Å². The summed E-state index contributed by atoms with van der Waals surface area (Å²) in [6.45, 7) is 1.65. The molecule has 2 aliphatic rings. The molecule has 1 fully saturated rings. The van der Waals surface area contributed by atoms with Gasteiger partial charge in [-0.2, -0.15) is 0 Å². The Bertz CT molecular complexity index is 1130. The van der Waals surface area contributed by atoms with E-state index >= 15 is 0 Å². The number of alkyl halides is 3. The van der Waals surface area contributed by atoms with Gasteiger partial charge in [0.1, 0.15) is 0 Å². The Morgan fingerprint density at radius 3 is 2.17 bits per heavy atom. The molecule has 9 heteroatoms. The van der Waals surface area contributed by atoms with E-state index in [1.807, 2.05) is 60.7 Å². The second-order valence-electron chi connectivity index (χ2n) is 9.06. The Morgan fingerprint density at radius 2 is 1.66 bits per heavy atom. The third kappa shape index (κ3) is 6.61. The van der Waals surface area contributed by atoms with Crippen LogP contribution in [0.5, 0.6) is 0 Å². The van der Waals surface area contributed by atoms with E-state index in [9.17, 15) is 21.6 Å². The number of ether oxygens (including phenoxy) is 2. The average molecular weight is 508 g/mol. The fraction of sp³-hybridized carbons (Fsp3) is 0.385. The highest BCUT2D eigenvalue weighted by Gasteiger charge is 2.40. The number of halogens is 3. The maximum absolute atomic E-state index is 13.0. The van der Waals surface area contributed by atoms with Gasteiger partial charge in [-0.15, -0.1) is 13.2 Å². The lowest BCUT2D eigenvalue weighted by molar-refractivity contribution is -0.355. The summed E-state index contributed by atoms with van der Waals surface area (Å²) in [6, 6.07) is 19.5. The van der Waals surface area contributed by atoms with E-state index in [1.54, 1.807) is 0 Å². The highest BCUT2D eigenvalue weighted by molar-refractivity contribution is 7.93. The first kappa shape index (κ1) is 25.6. The van der Waals surface area contributed by atoms with Crippen molar-refractivity contribution in [2.75, 3.05) is 6.61 Å². The maximum Gasteiger partial charge on any atom is 0.523 e. The first-order valence-electron chi connectivity index (χ1n) is 11.4. The van der Waals surface area contributed by atoms with E-state index < -0.39 is 22.0 Å². The van der Waals surface area contributed by atoms with E-state index in [1.165, 1.54) is 19.1 Å². The van der Waals surface area contributed by atoms with Crippen molar-refractivity contribution in [3.8, 4) is 0 Å². The predicted octanol–water partition coefficient (Wildman–Crippen LogP) is 5.42. The Morgan fingerprint density at radius 1 is 1.06 bits per heavy atom. The molecular weight excluding hydrogens is 479 g/mol. The van der Waals surface area contributed by atoms with Crippen molar-refractivity contribution in [1.82, 2.24) is 4.72 Å². The number of hydrogen-bond donors (Lipinski definition) is 1. The van der Waals surface area contributed by atoms with Crippen LogP contribution >= 0.6 is 0 Å². The highest BCUT2D eigenvalue weighted by Crippen LogP contribution is 2.36. The minimum absolute atomic E-state index is 0.0635. The zero-order valence-electron chi connectivity index (χ0n) is 19.2. The molecule has 2 aromatic rings. The van der Waals surface area contributed by atoms with E-state index in [-0.39, 0.29) is 29.4 Å². The first-order valence-corrected chi connectivity index (χ1v) is 12.9. The van der Waals surface area contributed by atoms with Gasteiger partial charge in [-0.25, -0.2) is 13.1 Å². The van der Waals surface area contributed by atoms with Gasteiger partial charge in [-0.1, -0.05) is 72.8 Å². The summed E-state index contributed by atoms with van der Waals surface area (Å²) in [4.78, 5) is -0.0635. The molecule has 188 valence electrons. The van der Waals surface area contributed by atoms with Crippen LogP contribution in [-0.2, 0) is 19.5 Å². The van der Waals surface area contributed by atoms with Crippen molar-refractivity contribution in [2.45, 2.75) is 56.2 Å². The lowest BCUT2D eigenvalue weighted by Crippen LogP contribution is -2.44. The molecule has 1 unspecified atom stereocenters. The van der Waals surface area contributed by atoms with E-state index in [0.29, 0.717) is 19.4 Å². The van der Waals surface area contributed by atoms with Crippen molar-refractivity contribution in [3.05, 3.63) is 94.9 Å². The van der Waals surface area contributed by atoms with Crippen molar-refractivity contribution in [2.24, 2.45) is 0 Å². The number of rotatable bonds is 7. The molecule has 2 aromatic carbocycles. The van der Waals surface area contributed by atoms with Gasteiger partial charge >= 0.3 is 6.36 Å². The van der Waals surface area contributed by atoms with E-state index in [2.05, 4.69) is 9.46 Å². The quantitative estimate of drug-likeness (QED) is 0.543. The summed E-state index contributed by atoms with van der Waals surface area (Å²) in [6.07, 6.45) is -0.736. The van der Waals surface area contributed by atoms with Crippen molar-refractivity contribution >= 4 is 10.0 Å². The number of benzene rings is 2. The topological polar surface area (TPSA) is 64.6 Å². The van der Waals surface area contributed by atoms with Crippen LogP contribution in [0.4, 0.5) is 13.2 Å². The van der Waals surface area contributed by atoms with Crippen LogP contribution in [0, 0.1) is 0 Å². The van der Waals surface area contributed by atoms with E-state index in [4.69, 9.17) is 4.74 Å². The minimum Gasteiger partial charge on any atom is -0.377 e. The third-order valence-electron chi connectivity index (χ3n) is 6.29. The largest absolute Gasteiger partial charge is 0.523 e. The van der Waals surface area contributed by atoms with Gasteiger partial charge in [0.15, 0.2) is 0 Å². The van der Waals surface area contributed by atoms with Gasteiger partial charge in [-0.05, 0) is 43.4 Å². The van der Waals surface area contributed by atoms with Gasteiger partial charge in [0.25, 0.3) is 0 Å². The molecule has 1 heterocycles. The molecule has 0 bridgehead atoms. The van der Waals surface area contributed by atoms with E-state index in [0.717, 1.165) is 17.2 Å². The molecular formula is C26H28F3NO4S. The number of hydrogen-bond acceptors (Lipinski definition) is 4. The van der Waals surface area contributed by atoms with Crippen molar-refractivity contribution in [3.63, 3.8) is 0 Å². The third-order valence-corrected chi connectivity index (χ3v) is 7.86. The molecule has 0 radical (unpaired) electrons. The second-order valence-corrected chi connectivity index (χ2v) is 10.8. The molecule has 1 aliphatic heterocycles. The Balaban J connectivity index is 1.48. The molecule has 3 atom stereocenters. The normalized spacial score (nSPS) is 25.5. The average Bonchev–Trinajstić information content (AvgIpc) is 2.79. The molecule has 0 aromatic heterocycles. The first-order chi connectivity index (χ1) is 16.5. The van der Waals surface area contributed by atoms with Gasteiger partial charge in [0.05, 0.1) is 16.6 Å². The van der Waals surface area contributed by atoms with Gasteiger partial charge in [0.2, 0.25) is 10.0 Å². The number of sulfonamides is 1. The van der Waals surface area contributed by atoms with Gasteiger partial charge < -0.3 is 4.74 Å². The van der Waals surface area contributed by atoms with Gasteiger partial charge in [-0.3, -0.25) is 4.74 Å². The molecule has 0 amide bonds. The summed E-state index contributed by atoms with van der Waals surface area (Å²) >= 11 is 0. The van der Waals surface area contributed by atoms with Crippen LogP contribution in [0.2, 0.25) is 0 Å². The van der Waals surface area contributed by atoms with Crippen LogP contribution in [0.1, 0.15) is 43.2 Å². The molecule has 1 N–H and O–H groups in total. The molecule has 1 saturated heterocycles. The monoisotopic (exact) mass is 507 g/mol. The van der Waals surface area contributed by atoms with Gasteiger partial charge in [0, 0.05) is 18.6 Å². The van der Waals surface area contributed by atoms with Crippen molar-refractivity contribution < 1.29 is 31.1 Å². The molecule has 5 nitrogen and oxygen atoms in total. The van der Waals surface area contributed by atoms with Crippen LogP contribution < -0.4 is 4.72 Å². The zero-order valence-corrected chi connectivity index (χ0v) is 20.1. The lowest BCUT2D eigenvalue weighted by atomic mass is 9.83. The molecule has 0 spiro atoms. The minimum atomic E-state index is -4.81. The Labute approximate surface area is 203 Å². The standard InChI is InChI=1S/C26H28F3NO4S/c1-25(34-26(27,28)29)15-12-22(13-16-25)35(31,32)30-21-14-17-33-23(18-21)24(19-8-4-2-5-9-19)20-10-6-3-7-11-20/h2-13,15,21,23-24,30H,14,16-18H2,1H3/t21-,23-,25?/m0/s1. The summed E-state index contributed by atoms with van der Waals surface area (Å²) in [5.41, 5.74) is 0.516. The highest BCUT2D eigenvalue weighted by atomic mass is 32.2. The fourth-order valence-corrected chi connectivity index (χ4v) is 5.97. The second kappa shape index (κ2) is 10.3. The summed E-state index contributed by atoms with van der Waals surface area (Å²) in [5.74, 6) is -0.0706. The van der Waals surface area contributed by atoms with Crippen LogP contribution in [0.3, 0.4) is 0 Å². The summed E-state index contributed by atoms with van der Waals surface area (Å²) < 4.78 is 77.0. The summed E-state index contributed by atoms with van der Waals surface area (Å²) in [7, 11) is -3.92. The molecule has 1 aliphatic carbocycles. The molecule has 4 rings (SSSR count). The Hall–Kier alpha value is -2.46. The SMILES string of the molecule is CC1(OC(F)(F)F)C=CC(S(=O)(=O)N[C@H]2CCO[C@H](C(c3ccccc3)c3ccccc3)C2)=CC1. The number of allylic oxidation sites excluding steroid dienone is 1.